The Hall–Kier alpha value is -1.71. The van der Waals surface area contributed by atoms with Crippen molar-refractivity contribution in [2.75, 3.05) is 13.7 Å². The van der Waals surface area contributed by atoms with Crippen molar-refractivity contribution < 1.29 is 9.47 Å². The van der Waals surface area contributed by atoms with E-state index < -0.39 is 0 Å². The van der Waals surface area contributed by atoms with Gasteiger partial charge in [0.1, 0.15) is 6.61 Å². The number of hydrogen-bond donors (Lipinski definition) is 1. The van der Waals surface area contributed by atoms with Crippen molar-refractivity contribution in [2.45, 2.75) is 33.9 Å². The molecule has 2 aromatic rings. The fourth-order valence-corrected chi connectivity index (χ4v) is 2.65. The number of benzene rings is 2. The zero-order valence-electron chi connectivity index (χ0n) is 14.9. The molecule has 0 amide bonds. The summed E-state index contributed by atoms with van der Waals surface area (Å²) in [6.45, 7) is 8.61. The second-order valence-electron chi connectivity index (χ2n) is 6.41. The molecule has 0 radical (unpaired) electrons. The van der Waals surface area contributed by atoms with Crippen LogP contribution >= 0.6 is 11.6 Å². The third-order valence-corrected chi connectivity index (χ3v) is 3.96. The molecule has 0 saturated carbocycles. The van der Waals surface area contributed by atoms with E-state index in [-0.39, 0.29) is 0 Å². The van der Waals surface area contributed by atoms with Crippen LogP contribution in [0.2, 0.25) is 5.02 Å². The predicted molar refractivity (Wildman–Crippen MR) is 100 cm³/mol. The zero-order chi connectivity index (χ0) is 17.5. The van der Waals surface area contributed by atoms with Crippen molar-refractivity contribution in [1.82, 2.24) is 5.32 Å². The van der Waals surface area contributed by atoms with Gasteiger partial charge in [0.05, 0.1) is 12.1 Å². The van der Waals surface area contributed by atoms with Gasteiger partial charge in [0, 0.05) is 6.54 Å². The van der Waals surface area contributed by atoms with Crippen molar-refractivity contribution >= 4 is 11.6 Å². The van der Waals surface area contributed by atoms with Gasteiger partial charge in [-0.3, -0.25) is 0 Å². The third-order valence-electron chi connectivity index (χ3n) is 3.67. The first-order chi connectivity index (χ1) is 11.5. The fraction of sp³-hybridized carbons (Fsp3) is 0.400. The summed E-state index contributed by atoms with van der Waals surface area (Å²) in [6.07, 6.45) is 0. The molecule has 0 unspecified atom stereocenters. The van der Waals surface area contributed by atoms with Crippen LogP contribution in [0.25, 0.3) is 0 Å². The highest BCUT2D eigenvalue weighted by molar-refractivity contribution is 6.32. The van der Waals surface area contributed by atoms with E-state index in [2.05, 4.69) is 50.4 Å². The zero-order valence-corrected chi connectivity index (χ0v) is 15.6. The Morgan fingerprint density at radius 3 is 2.42 bits per heavy atom. The number of nitrogens with one attached hydrogen (secondary N) is 1. The van der Waals surface area contributed by atoms with Crippen LogP contribution in [0.3, 0.4) is 0 Å². The van der Waals surface area contributed by atoms with E-state index in [1.54, 1.807) is 7.11 Å². The van der Waals surface area contributed by atoms with E-state index in [0.29, 0.717) is 29.0 Å². The molecule has 24 heavy (non-hydrogen) atoms. The van der Waals surface area contributed by atoms with Gasteiger partial charge in [0.25, 0.3) is 0 Å². The first kappa shape index (κ1) is 18.6. The molecular weight excluding hydrogens is 322 g/mol. The minimum absolute atomic E-state index is 0.460. The lowest BCUT2D eigenvalue weighted by Gasteiger charge is -2.15. The van der Waals surface area contributed by atoms with Gasteiger partial charge >= 0.3 is 0 Å². The minimum atomic E-state index is 0.460. The van der Waals surface area contributed by atoms with Gasteiger partial charge in [-0.2, -0.15) is 0 Å². The lowest BCUT2D eigenvalue weighted by Crippen LogP contribution is -2.19. The minimum Gasteiger partial charge on any atom is -0.493 e. The molecule has 0 fully saturated rings. The van der Waals surface area contributed by atoms with Crippen LogP contribution in [0.5, 0.6) is 11.5 Å². The van der Waals surface area contributed by atoms with Gasteiger partial charge in [-0.05, 0) is 42.6 Å². The Bertz CT molecular complexity index is 653. The van der Waals surface area contributed by atoms with Gasteiger partial charge in [-0.25, -0.2) is 0 Å². The standard InChI is InChI=1S/C20H26ClNO2/c1-14(2)11-22-12-17-9-18(21)20(19(10-17)23-4)24-13-16-7-5-15(3)6-8-16/h5-10,14,22H,11-13H2,1-4H3. The lowest BCUT2D eigenvalue weighted by atomic mass is 10.1. The van der Waals surface area contributed by atoms with E-state index in [1.165, 1.54) is 5.56 Å². The molecule has 0 bridgehead atoms. The molecule has 0 atom stereocenters. The monoisotopic (exact) mass is 347 g/mol. The van der Waals surface area contributed by atoms with E-state index in [0.717, 1.165) is 24.2 Å². The van der Waals surface area contributed by atoms with Crippen LogP contribution < -0.4 is 14.8 Å². The topological polar surface area (TPSA) is 30.5 Å². The molecule has 4 heteroatoms. The Labute approximate surface area is 149 Å². The molecule has 1 N–H and O–H groups in total. The van der Waals surface area contributed by atoms with Crippen molar-refractivity contribution in [2.24, 2.45) is 5.92 Å². The van der Waals surface area contributed by atoms with Crippen LogP contribution in [-0.4, -0.2) is 13.7 Å². The summed E-state index contributed by atoms with van der Waals surface area (Å²) in [5, 5.41) is 3.98. The highest BCUT2D eigenvalue weighted by Crippen LogP contribution is 2.37. The smallest absolute Gasteiger partial charge is 0.180 e. The fourth-order valence-electron chi connectivity index (χ4n) is 2.36. The van der Waals surface area contributed by atoms with Crippen molar-refractivity contribution in [3.8, 4) is 11.5 Å². The highest BCUT2D eigenvalue weighted by Gasteiger charge is 2.12. The Morgan fingerprint density at radius 2 is 1.79 bits per heavy atom. The van der Waals surface area contributed by atoms with E-state index >= 15 is 0 Å². The van der Waals surface area contributed by atoms with Crippen molar-refractivity contribution in [3.05, 3.63) is 58.1 Å². The maximum Gasteiger partial charge on any atom is 0.180 e. The van der Waals surface area contributed by atoms with E-state index in [4.69, 9.17) is 21.1 Å². The molecule has 2 aromatic carbocycles. The summed E-state index contributed by atoms with van der Waals surface area (Å²) in [5.41, 5.74) is 3.41. The van der Waals surface area contributed by atoms with Crippen LogP contribution in [0.1, 0.15) is 30.5 Å². The summed E-state index contributed by atoms with van der Waals surface area (Å²) >= 11 is 6.41. The van der Waals surface area contributed by atoms with Crippen LogP contribution in [0.4, 0.5) is 0 Å². The molecular formula is C20H26ClNO2. The summed E-state index contributed by atoms with van der Waals surface area (Å²) in [5.74, 6) is 1.86. The van der Waals surface area contributed by atoms with E-state index in [1.807, 2.05) is 12.1 Å². The molecule has 2 rings (SSSR count). The second kappa shape index (κ2) is 8.95. The van der Waals surface area contributed by atoms with Gasteiger partial charge in [-0.1, -0.05) is 55.3 Å². The van der Waals surface area contributed by atoms with Gasteiger partial charge in [0.15, 0.2) is 11.5 Å². The summed E-state index contributed by atoms with van der Waals surface area (Å²) in [6, 6.07) is 12.2. The van der Waals surface area contributed by atoms with Crippen molar-refractivity contribution in [1.29, 1.82) is 0 Å². The van der Waals surface area contributed by atoms with Gasteiger partial charge in [0.2, 0.25) is 0 Å². The maximum absolute atomic E-state index is 6.41. The molecule has 0 aliphatic rings. The number of ether oxygens (including phenoxy) is 2. The number of rotatable bonds is 8. The normalized spacial score (nSPS) is 10.9. The average molecular weight is 348 g/mol. The molecule has 0 heterocycles. The lowest BCUT2D eigenvalue weighted by molar-refractivity contribution is 0.284. The van der Waals surface area contributed by atoms with Crippen LogP contribution in [0.15, 0.2) is 36.4 Å². The van der Waals surface area contributed by atoms with Crippen molar-refractivity contribution in [3.63, 3.8) is 0 Å². The van der Waals surface area contributed by atoms with Gasteiger partial charge in [-0.15, -0.1) is 0 Å². The third kappa shape index (κ3) is 5.43. The molecule has 0 spiro atoms. The largest absolute Gasteiger partial charge is 0.493 e. The summed E-state index contributed by atoms with van der Waals surface area (Å²) in [7, 11) is 1.63. The Kier molecular flexibility index (Phi) is 6.95. The number of aryl methyl sites for hydroxylation is 1. The molecule has 3 nitrogen and oxygen atoms in total. The van der Waals surface area contributed by atoms with Crippen LogP contribution in [-0.2, 0) is 13.2 Å². The molecule has 0 aliphatic heterocycles. The second-order valence-corrected chi connectivity index (χ2v) is 6.82. The number of methoxy groups -OCH3 is 1. The first-order valence-corrected chi connectivity index (χ1v) is 8.63. The quantitative estimate of drug-likeness (QED) is 0.730. The molecule has 0 saturated heterocycles. The van der Waals surface area contributed by atoms with Gasteiger partial charge < -0.3 is 14.8 Å². The number of halogens is 1. The maximum atomic E-state index is 6.41. The number of hydrogen-bond acceptors (Lipinski definition) is 3. The highest BCUT2D eigenvalue weighted by atomic mass is 35.5. The van der Waals surface area contributed by atoms with Crippen LogP contribution in [0, 0.1) is 12.8 Å². The molecule has 0 aliphatic carbocycles. The van der Waals surface area contributed by atoms with E-state index in [9.17, 15) is 0 Å². The Balaban J connectivity index is 2.07. The summed E-state index contributed by atoms with van der Waals surface area (Å²) < 4.78 is 11.4. The first-order valence-electron chi connectivity index (χ1n) is 8.25. The predicted octanol–water partition coefficient (Wildman–Crippen LogP) is 4.98. The molecule has 130 valence electrons. The molecule has 0 aromatic heterocycles. The Morgan fingerprint density at radius 1 is 1.08 bits per heavy atom. The SMILES string of the molecule is COc1cc(CNCC(C)C)cc(Cl)c1OCc1ccc(C)cc1. The summed E-state index contributed by atoms with van der Waals surface area (Å²) in [4.78, 5) is 0. The average Bonchev–Trinajstić information content (AvgIpc) is 2.54.